The van der Waals surface area contributed by atoms with E-state index in [1.165, 1.54) is 10.5 Å². The lowest BCUT2D eigenvalue weighted by molar-refractivity contribution is -0.126. The van der Waals surface area contributed by atoms with Gasteiger partial charge in [0.25, 0.3) is 5.91 Å². The maximum atomic E-state index is 13.7. The fraction of sp³-hybridized carbons (Fsp3) is 0.231. The summed E-state index contributed by atoms with van der Waals surface area (Å²) in [5.41, 5.74) is 4.15. The first-order chi connectivity index (χ1) is 15.5. The summed E-state index contributed by atoms with van der Waals surface area (Å²) in [6.07, 6.45) is 0.0340. The first-order valence-electron chi connectivity index (χ1n) is 10.7. The number of halogens is 1. The highest BCUT2D eigenvalue weighted by Gasteiger charge is 2.60. The van der Waals surface area contributed by atoms with Gasteiger partial charge >= 0.3 is 0 Å². The van der Waals surface area contributed by atoms with Crippen LogP contribution in [0.3, 0.4) is 0 Å². The highest BCUT2D eigenvalue weighted by Crippen LogP contribution is 2.48. The smallest absolute Gasteiger partial charge is 0.266 e. The number of hydrogen-bond donors (Lipinski definition) is 0. The van der Waals surface area contributed by atoms with Gasteiger partial charge in [0.2, 0.25) is 5.91 Å². The van der Waals surface area contributed by atoms with Crippen molar-refractivity contribution in [3.63, 3.8) is 0 Å². The third kappa shape index (κ3) is 3.20. The molecule has 0 N–H and O–H groups in total. The van der Waals surface area contributed by atoms with Crippen LogP contribution in [0.15, 0.2) is 72.8 Å². The number of fused-ring (bicyclic) bond motifs is 1. The Balaban J connectivity index is 1.59. The SMILES string of the molecule is CCc1ccc([C@@H]2[C@@H]3C(=O)N(c4cccc(Cl)c4C)C(=O)[C@@H]3ON2c2ccccc2)cc1. The highest BCUT2D eigenvalue weighted by molar-refractivity contribution is 6.32. The lowest BCUT2D eigenvalue weighted by Crippen LogP contribution is -2.37. The molecule has 2 fully saturated rings. The van der Waals surface area contributed by atoms with Crippen LogP contribution in [0.1, 0.15) is 29.7 Å². The summed E-state index contributed by atoms with van der Waals surface area (Å²) in [6, 6.07) is 22.6. The number of nitrogens with zero attached hydrogens (tertiary/aromatic N) is 2. The van der Waals surface area contributed by atoms with Crippen LogP contribution < -0.4 is 9.96 Å². The van der Waals surface area contributed by atoms with E-state index in [-0.39, 0.29) is 11.8 Å². The van der Waals surface area contributed by atoms with Crippen LogP contribution in [0.25, 0.3) is 0 Å². The van der Waals surface area contributed by atoms with Gasteiger partial charge in [0, 0.05) is 5.02 Å². The third-order valence-electron chi connectivity index (χ3n) is 6.34. The molecule has 6 heteroatoms. The maximum absolute atomic E-state index is 13.7. The molecule has 0 saturated carbocycles. The number of carbonyl (C=O) groups excluding carboxylic acids is 2. The average Bonchev–Trinajstić information content (AvgIpc) is 3.33. The van der Waals surface area contributed by atoms with E-state index in [2.05, 4.69) is 19.1 Å². The van der Waals surface area contributed by atoms with Crippen molar-refractivity contribution in [3.8, 4) is 0 Å². The molecule has 2 amide bonds. The number of para-hydroxylation sites is 1. The van der Waals surface area contributed by atoms with E-state index < -0.39 is 18.1 Å². The summed E-state index contributed by atoms with van der Waals surface area (Å²) in [6.45, 7) is 3.91. The topological polar surface area (TPSA) is 49.9 Å². The molecule has 0 spiro atoms. The summed E-state index contributed by atoms with van der Waals surface area (Å²) in [5, 5.41) is 2.23. The lowest BCUT2D eigenvalue weighted by atomic mass is 9.90. The highest BCUT2D eigenvalue weighted by atomic mass is 35.5. The number of aryl methyl sites for hydroxylation is 1. The summed E-state index contributed by atoms with van der Waals surface area (Å²) in [4.78, 5) is 34.6. The Kier molecular flexibility index (Phi) is 5.24. The van der Waals surface area contributed by atoms with Crippen LogP contribution in [0.5, 0.6) is 0 Å². The molecule has 162 valence electrons. The van der Waals surface area contributed by atoms with Gasteiger partial charge < -0.3 is 0 Å². The second kappa shape index (κ2) is 8.08. The first-order valence-corrected chi connectivity index (χ1v) is 11.1. The molecular formula is C26H23ClN2O3. The van der Waals surface area contributed by atoms with Gasteiger partial charge in [-0.25, -0.2) is 9.96 Å². The summed E-state index contributed by atoms with van der Waals surface area (Å²) in [5.74, 6) is -1.29. The number of imide groups is 1. The Morgan fingerprint density at radius 1 is 0.906 bits per heavy atom. The Morgan fingerprint density at radius 2 is 1.62 bits per heavy atom. The molecule has 2 aliphatic rings. The van der Waals surface area contributed by atoms with Crippen molar-refractivity contribution in [1.82, 2.24) is 0 Å². The molecule has 32 heavy (non-hydrogen) atoms. The summed E-state index contributed by atoms with van der Waals surface area (Å²) in [7, 11) is 0. The fourth-order valence-electron chi connectivity index (χ4n) is 4.58. The third-order valence-corrected chi connectivity index (χ3v) is 6.75. The van der Waals surface area contributed by atoms with E-state index in [1.807, 2.05) is 49.4 Å². The Labute approximate surface area is 192 Å². The molecule has 0 aromatic heterocycles. The van der Waals surface area contributed by atoms with Gasteiger partial charge in [0.15, 0.2) is 6.10 Å². The lowest BCUT2D eigenvalue weighted by Gasteiger charge is -2.29. The van der Waals surface area contributed by atoms with E-state index in [0.717, 1.165) is 17.7 Å². The van der Waals surface area contributed by atoms with Gasteiger partial charge in [0.05, 0.1) is 17.4 Å². The van der Waals surface area contributed by atoms with E-state index in [0.29, 0.717) is 16.3 Å². The van der Waals surface area contributed by atoms with Crippen molar-refractivity contribution < 1.29 is 14.4 Å². The van der Waals surface area contributed by atoms with Gasteiger partial charge in [0.1, 0.15) is 5.92 Å². The normalized spacial score (nSPS) is 22.5. The fourth-order valence-corrected chi connectivity index (χ4v) is 4.75. The number of hydrogen-bond acceptors (Lipinski definition) is 4. The minimum absolute atomic E-state index is 0.270. The summed E-state index contributed by atoms with van der Waals surface area (Å²) >= 11 is 6.28. The minimum Gasteiger partial charge on any atom is -0.273 e. The number of anilines is 2. The zero-order valence-corrected chi connectivity index (χ0v) is 18.6. The quantitative estimate of drug-likeness (QED) is 0.513. The molecule has 0 unspecified atom stereocenters. The van der Waals surface area contributed by atoms with Gasteiger partial charge in [-0.1, -0.05) is 67.1 Å². The monoisotopic (exact) mass is 446 g/mol. The number of benzene rings is 3. The van der Waals surface area contributed by atoms with Crippen molar-refractivity contribution in [1.29, 1.82) is 0 Å². The van der Waals surface area contributed by atoms with Crippen LogP contribution >= 0.6 is 11.6 Å². The van der Waals surface area contributed by atoms with Crippen molar-refractivity contribution >= 4 is 34.8 Å². The largest absolute Gasteiger partial charge is 0.273 e. The Hall–Kier alpha value is -3.15. The molecule has 3 aromatic rings. The second-order valence-electron chi connectivity index (χ2n) is 8.15. The molecule has 0 aliphatic carbocycles. The standard InChI is InChI=1S/C26H23ClN2O3/c1-3-17-12-14-18(15-13-17)23-22-24(32-29(23)19-8-5-4-6-9-19)26(31)28(25(22)30)21-11-7-10-20(27)16(21)2/h4-15,22-24H,3H2,1-2H3/t22-,23+,24+/m0/s1. The number of rotatable bonds is 4. The predicted molar refractivity (Wildman–Crippen MR) is 125 cm³/mol. The second-order valence-corrected chi connectivity index (χ2v) is 8.56. The van der Waals surface area contributed by atoms with Crippen molar-refractivity contribution in [3.05, 3.63) is 94.5 Å². The van der Waals surface area contributed by atoms with Crippen LogP contribution in [0.4, 0.5) is 11.4 Å². The molecule has 0 radical (unpaired) electrons. The van der Waals surface area contributed by atoms with Gasteiger partial charge in [-0.3, -0.25) is 14.4 Å². The predicted octanol–water partition coefficient (Wildman–Crippen LogP) is 5.26. The van der Waals surface area contributed by atoms with E-state index in [9.17, 15) is 9.59 Å². The molecule has 3 atom stereocenters. The van der Waals surface area contributed by atoms with Crippen molar-refractivity contribution in [2.45, 2.75) is 32.4 Å². The molecule has 0 bridgehead atoms. The molecular weight excluding hydrogens is 424 g/mol. The number of hydroxylamine groups is 1. The molecule has 2 saturated heterocycles. The van der Waals surface area contributed by atoms with Gasteiger partial charge in [-0.15, -0.1) is 0 Å². The van der Waals surface area contributed by atoms with Crippen LogP contribution in [0, 0.1) is 12.8 Å². The Bertz CT molecular complexity index is 1180. The van der Waals surface area contributed by atoms with Crippen LogP contribution in [0.2, 0.25) is 5.02 Å². The minimum atomic E-state index is -0.892. The average molecular weight is 447 g/mol. The molecule has 3 aromatic carbocycles. The van der Waals surface area contributed by atoms with Crippen LogP contribution in [-0.4, -0.2) is 17.9 Å². The first kappa shape index (κ1) is 20.7. The molecule has 5 rings (SSSR count). The summed E-state index contributed by atoms with van der Waals surface area (Å²) < 4.78 is 0. The van der Waals surface area contributed by atoms with Gasteiger partial charge in [-0.2, -0.15) is 0 Å². The molecule has 2 heterocycles. The number of carbonyl (C=O) groups is 2. The maximum Gasteiger partial charge on any atom is 0.266 e. The zero-order valence-electron chi connectivity index (χ0n) is 17.9. The van der Waals surface area contributed by atoms with E-state index in [1.54, 1.807) is 23.3 Å². The van der Waals surface area contributed by atoms with E-state index in [4.69, 9.17) is 16.4 Å². The van der Waals surface area contributed by atoms with E-state index >= 15 is 0 Å². The van der Waals surface area contributed by atoms with Gasteiger partial charge in [-0.05, 0) is 54.3 Å². The Morgan fingerprint density at radius 3 is 2.31 bits per heavy atom. The molecule has 5 nitrogen and oxygen atoms in total. The van der Waals surface area contributed by atoms with Crippen molar-refractivity contribution in [2.24, 2.45) is 5.92 Å². The number of amides is 2. The van der Waals surface area contributed by atoms with Crippen molar-refractivity contribution in [2.75, 3.05) is 9.96 Å². The zero-order chi connectivity index (χ0) is 22.4. The molecule has 2 aliphatic heterocycles. The van der Waals surface area contributed by atoms with Crippen LogP contribution in [-0.2, 0) is 20.8 Å².